The van der Waals surface area contributed by atoms with Crippen molar-refractivity contribution in [3.05, 3.63) is 52.5 Å². The van der Waals surface area contributed by atoms with Crippen LogP contribution >= 0.6 is 15.9 Å². The van der Waals surface area contributed by atoms with E-state index in [1.54, 1.807) is 43.3 Å². The Labute approximate surface area is 149 Å². The number of ether oxygens (including phenoxy) is 1. The van der Waals surface area contributed by atoms with Crippen LogP contribution in [-0.2, 0) is 21.2 Å². The highest BCUT2D eigenvalue weighted by molar-refractivity contribution is 9.10. The van der Waals surface area contributed by atoms with Gasteiger partial charge in [-0.15, -0.1) is 0 Å². The van der Waals surface area contributed by atoms with E-state index in [1.165, 1.54) is 6.07 Å². The molecule has 24 heavy (non-hydrogen) atoms. The van der Waals surface area contributed by atoms with Gasteiger partial charge in [-0.1, -0.05) is 22.0 Å². The standard InChI is InChI=1S/C16H19BrN2O4S/c1-2-23-16(20)9-11-3-6-13(18)10-15(11)24(21,22)19-14-7-4-12(17)5-8-14/h3-8,10,16,19-20H,2,9,18H2,1H3. The Kier molecular flexibility index (Phi) is 6.22. The van der Waals surface area contributed by atoms with Crippen LogP contribution in [0.3, 0.4) is 0 Å². The SMILES string of the molecule is CCOC(O)Cc1ccc(N)cc1S(=O)(=O)Nc1ccc(Br)cc1. The van der Waals surface area contributed by atoms with Gasteiger partial charge in [-0.2, -0.15) is 0 Å². The normalized spacial score (nSPS) is 12.8. The number of nitrogen functional groups attached to an aromatic ring is 1. The number of rotatable bonds is 7. The minimum atomic E-state index is -3.85. The van der Waals surface area contributed by atoms with E-state index >= 15 is 0 Å². The summed E-state index contributed by atoms with van der Waals surface area (Å²) in [4.78, 5) is 0.0178. The molecule has 8 heteroatoms. The molecule has 0 saturated heterocycles. The number of anilines is 2. The van der Waals surface area contributed by atoms with Crippen LogP contribution in [0.4, 0.5) is 11.4 Å². The van der Waals surface area contributed by atoms with Crippen LogP contribution in [0.2, 0.25) is 0 Å². The van der Waals surface area contributed by atoms with Crippen LogP contribution < -0.4 is 10.5 Å². The Balaban J connectivity index is 2.34. The third-order valence-corrected chi connectivity index (χ3v) is 5.22. The first-order chi connectivity index (χ1) is 11.3. The maximum atomic E-state index is 12.7. The zero-order valence-corrected chi connectivity index (χ0v) is 15.5. The van der Waals surface area contributed by atoms with E-state index < -0.39 is 16.3 Å². The summed E-state index contributed by atoms with van der Waals surface area (Å²) in [6.45, 7) is 2.08. The van der Waals surface area contributed by atoms with Crippen molar-refractivity contribution >= 4 is 37.3 Å². The first kappa shape index (κ1) is 18.7. The Morgan fingerprint density at radius 3 is 2.54 bits per heavy atom. The van der Waals surface area contributed by atoms with Crippen LogP contribution in [0.25, 0.3) is 0 Å². The third kappa shape index (κ3) is 4.94. The molecule has 2 aromatic rings. The highest BCUT2D eigenvalue weighted by Gasteiger charge is 2.21. The molecule has 0 aliphatic carbocycles. The quantitative estimate of drug-likeness (QED) is 0.477. The molecule has 0 bridgehead atoms. The van der Waals surface area contributed by atoms with Gasteiger partial charge in [0, 0.05) is 28.9 Å². The van der Waals surface area contributed by atoms with Crippen LogP contribution in [0.15, 0.2) is 51.8 Å². The minimum absolute atomic E-state index is 0.0178. The molecule has 130 valence electrons. The van der Waals surface area contributed by atoms with Crippen molar-refractivity contribution in [2.75, 3.05) is 17.1 Å². The zero-order valence-electron chi connectivity index (χ0n) is 13.1. The van der Waals surface area contributed by atoms with Crippen molar-refractivity contribution in [2.45, 2.75) is 24.5 Å². The molecule has 0 aliphatic rings. The third-order valence-electron chi connectivity index (χ3n) is 3.23. The monoisotopic (exact) mass is 414 g/mol. The highest BCUT2D eigenvalue weighted by atomic mass is 79.9. The number of aliphatic hydroxyl groups excluding tert-OH is 1. The average Bonchev–Trinajstić information content (AvgIpc) is 2.51. The number of halogens is 1. The highest BCUT2D eigenvalue weighted by Crippen LogP contribution is 2.24. The lowest BCUT2D eigenvalue weighted by Crippen LogP contribution is -2.20. The van der Waals surface area contributed by atoms with Crippen LogP contribution in [0.5, 0.6) is 0 Å². The molecule has 1 unspecified atom stereocenters. The van der Waals surface area contributed by atoms with Gasteiger partial charge in [-0.05, 0) is 48.9 Å². The summed E-state index contributed by atoms with van der Waals surface area (Å²) in [6, 6.07) is 11.3. The first-order valence-electron chi connectivity index (χ1n) is 7.28. The number of nitrogens with one attached hydrogen (secondary N) is 1. The fourth-order valence-electron chi connectivity index (χ4n) is 2.16. The lowest BCUT2D eigenvalue weighted by molar-refractivity contribution is -0.0930. The van der Waals surface area contributed by atoms with Gasteiger partial charge in [0.25, 0.3) is 10.0 Å². The lowest BCUT2D eigenvalue weighted by atomic mass is 10.1. The molecular weight excluding hydrogens is 396 g/mol. The second-order valence-corrected chi connectivity index (χ2v) is 7.66. The Morgan fingerprint density at radius 2 is 1.92 bits per heavy atom. The van der Waals surface area contributed by atoms with E-state index in [0.29, 0.717) is 23.5 Å². The largest absolute Gasteiger partial charge is 0.399 e. The average molecular weight is 415 g/mol. The van der Waals surface area contributed by atoms with Crippen molar-refractivity contribution < 1.29 is 18.3 Å². The van der Waals surface area contributed by atoms with E-state index in [1.807, 2.05) is 0 Å². The van der Waals surface area contributed by atoms with Crippen LogP contribution in [-0.4, -0.2) is 26.4 Å². The molecular formula is C16H19BrN2O4S. The summed E-state index contributed by atoms with van der Waals surface area (Å²) in [6.07, 6.45) is -1.04. The number of aliphatic hydroxyl groups is 1. The van der Waals surface area contributed by atoms with Gasteiger partial charge < -0.3 is 15.6 Å². The summed E-state index contributed by atoms with van der Waals surface area (Å²) >= 11 is 3.30. The van der Waals surface area contributed by atoms with E-state index in [0.717, 1.165) is 4.47 Å². The molecule has 2 rings (SSSR count). The molecule has 0 spiro atoms. The van der Waals surface area contributed by atoms with Gasteiger partial charge in [0.15, 0.2) is 6.29 Å². The molecule has 0 aliphatic heterocycles. The van der Waals surface area contributed by atoms with Crippen molar-refractivity contribution in [1.82, 2.24) is 0 Å². The molecule has 4 N–H and O–H groups in total. The number of sulfonamides is 1. The van der Waals surface area contributed by atoms with Gasteiger partial charge in [-0.25, -0.2) is 8.42 Å². The van der Waals surface area contributed by atoms with Crippen molar-refractivity contribution in [1.29, 1.82) is 0 Å². The fraction of sp³-hybridized carbons (Fsp3) is 0.250. The molecule has 0 fully saturated rings. The maximum Gasteiger partial charge on any atom is 0.262 e. The Bertz CT molecular complexity index is 794. The number of hydrogen-bond donors (Lipinski definition) is 3. The number of hydrogen-bond acceptors (Lipinski definition) is 5. The molecule has 0 heterocycles. The van der Waals surface area contributed by atoms with E-state index in [9.17, 15) is 13.5 Å². The lowest BCUT2D eigenvalue weighted by Gasteiger charge is -2.16. The molecule has 0 saturated carbocycles. The summed E-state index contributed by atoms with van der Waals surface area (Å²) in [5.41, 5.74) is 6.91. The maximum absolute atomic E-state index is 12.7. The summed E-state index contributed by atoms with van der Waals surface area (Å²) in [5.74, 6) is 0. The Morgan fingerprint density at radius 1 is 1.25 bits per heavy atom. The van der Waals surface area contributed by atoms with Gasteiger partial charge in [-0.3, -0.25) is 4.72 Å². The van der Waals surface area contributed by atoms with Crippen molar-refractivity contribution in [2.24, 2.45) is 0 Å². The van der Waals surface area contributed by atoms with E-state index in [2.05, 4.69) is 20.7 Å². The summed E-state index contributed by atoms with van der Waals surface area (Å²) in [7, 11) is -3.85. The Hall–Kier alpha value is -1.61. The topological polar surface area (TPSA) is 102 Å². The first-order valence-corrected chi connectivity index (χ1v) is 9.56. The fourth-order valence-corrected chi connectivity index (χ4v) is 3.77. The van der Waals surface area contributed by atoms with Gasteiger partial charge in [0.1, 0.15) is 0 Å². The molecule has 1 atom stereocenters. The van der Waals surface area contributed by atoms with Crippen LogP contribution in [0, 0.1) is 0 Å². The zero-order chi connectivity index (χ0) is 17.7. The van der Waals surface area contributed by atoms with Crippen molar-refractivity contribution in [3.8, 4) is 0 Å². The molecule has 0 radical (unpaired) electrons. The summed E-state index contributed by atoms with van der Waals surface area (Å²) in [5, 5.41) is 9.81. The van der Waals surface area contributed by atoms with Crippen molar-refractivity contribution in [3.63, 3.8) is 0 Å². The number of benzene rings is 2. The minimum Gasteiger partial charge on any atom is -0.399 e. The van der Waals surface area contributed by atoms with E-state index in [4.69, 9.17) is 10.5 Å². The van der Waals surface area contributed by atoms with Crippen LogP contribution in [0.1, 0.15) is 12.5 Å². The molecule has 0 aromatic heterocycles. The predicted octanol–water partition coefficient (Wildman–Crippen LogP) is 2.73. The molecule has 6 nitrogen and oxygen atoms in total. The summed E-state index contributed by atoms with van der Waals surface area (Å²) < 4.78 is 33.8. The van der Waals surface area contributed by atoms with Gasteiger partial charge in [0.05, 0.1) is 4.90 Å². The second kappa shape index (κ2) is 7.98. The predicted molar refractivity (Wildman–Crippen MR) is 97.1 cm³/mol. The second-order valence-electron chi connectivity index (χ2n) is 5.09. The molecule has 2 aromatic carbocycles. The van der Waals surface area contributed by atoms with Gasteiger partial charge >= 0.3 is 0 Å². The van der Waals surface area contributed by atoms with Gasteiger partial charge in [0.2, 0.25) is 0 Å². The van der Waals surface area contributed by atoms with E-state index in [-0.39, 0.29) is 11.3 Å². The smallest absolute Gasteiger partial charge is 0.262 e. The molecule has 0 amide bonds. The number of nitrogens with two attached hydrogens (primary N) is 1.